The highest BCUT2D eigenvalue weighted by atomic mass is 15.2. The fourth-order valence-corrected chi connectivity index (χ4v) is 5.65. The maximum Gasteiger partial charge on any atom is 0.116 e. The van der Waals surface area contributed by atoms with Crippen molar-refractivity contribution >= 4 is 67.0 Å². The van der Waals surface area contributed by atoms with Crippen molar-refractivity contribution in [2.24, 2.45) is 0 Å². The molecular formula is C36H24N8. The molecule has 0 spiro atoms. The van der Waals surface area contributed by atoms with Gasteiger partial charge in [0.15, 0.2) is 0 Å². The van der Waals surface area contributed by atoms with E-state index in [1.54, 1.807) is 49.6 Å². The molecule has 0 atom stereocenters. The summed E-state index contributed by atoms with van der Waals surface area (Å²) in [5.74, 6) is 0. The lowest BCUT2D eigenvalue weighted by molar-refractivity contribution is 1.20. The number of rotatable bonds is 6. The summed E-state index contributed by atoms with van der Waals surface area (Å²) in [4.78, 5) is 32.2. The van der Waals surface area contributed by atoms with Crippen LogP contribution in [0, 0.1) is 0 Å². The number of anilines is 6. The highest BCUT2D eigenvalue weighted by Gasteiger charge is 2.23. The molecule has 5 aromatic heterocycles. The van der Waals surface area contributed by atoms with E-state index in [0.29, 0.717) is 0 Å². The van der Waals surface area contributed by atoms with Crippen molar-refractivity contribution in [2.45, 2.75) is 0 Å². The zero-order valence-electron chi connectivity index (χ0n) is 23.4. The van der Waals surface area contributed by atoms with Gasteiger partial charge in [0.1, 0.15) is 11.0 Å². The maximum atomic E-state index is 5.42. The van der Waals surface area contributed by atoms with Crippen molar-refractivity contribution in [1.82, 2.24) is 29.9 Å². The average molecular weight is 569 g/mol. The normalized spacial score (nSPS) is 11.2. The summed E-state index contributed by atoms with van der Waals surface area (Å²) >= 11 is 0. The van der Waals surface area contributed by atoms with Crippen LogP contribution in [0.3, 0.4) is 0 Å². The first-order chi connectivity index (χ1) is 21.8. The second kappa shape index (κ2) is 10.8. The van der Waals surface area contributed by atoms with E-state index in [1.807, 2.05) is 66.7 Å². The molecule has 8 aromatic rings. The van der Waals surface area contributed by atoms with Crippen LogP contribution in [0.2, 0.25) is 0 Å². The lowest BCUT2D eigenvalue weighted by Crippen LogP contribution is -2.14. The molecule has 0 aliphatic heterocycles. The average Bonchev–Trinajstić information content (AvgIpc) is 3.10. The number of pyridine rings is 4. The fraction of sp³-hybridized carbons (Fsp3) is 0. The zero-order chi connectivity index (χ0) is 29.3. The Morgan fingerprint density at radius 1 is 0.364 bits per heavy atom. The van der Waals surface area contributed by atoms with Gasteiger partial charge in [-0.1, -0.05) is 30.3 Å². The number of hydrogen-bond acceptors (Lipinski definition) is 8. The summed E-state index contributed by atoms with van der Waals surface area (Å²) < 4.78 is 0. The standard InChI is InChI=1S/C36H24N8/c1-2-4-30-25(3-1)5-6-31-34(30)42-36-33(44(28-13-21-39-22-14-28)29-15-23-40-24-16-29)8-7-32(35(36)41-31)43(26-9-17-37-18-10-26)27-11-19-38-20-12-27/h1-24H. The predicted molar refractivity (Wildman–Crippen MR) is 175 cm³/mol. The minimum atomic E-state index is 0.756. The van der Waals surface area contributed by atoms with E-state index >= 15 is 0 Å². The molecule has 0 fully saturated rings. The van der Waals surface area contributed by atoms with Crippen molar-refractivity contribution < 1.29 is 0 Å². The molecule has 44 heavy (non-hydrogen) atoms. The van der Waals surface area contributed by atoms with Crippen LogP contribution in [-0.2, 0) is 0 Å². The van der Waals surface area contributed by atoms with E-state index in [2.05, 4.69) is 60.1 Å². The largest absolute Gasteiger partial charge is 0.308 e. The molecule has 208 valence electrons. The topological polar surface area (TPSA) is 83.8 Å². The Kier molecular flexibility index (Phi) is 6.27. The second-order valence-electron chi connectivity index (χ2n) is 10.2. The monoisotopic (exact) mass is 568 g/mol. The Hall–Kier alpha value is -6.28. The number of benzene rings is 3. The van der Waals surface area contributed by atoms with Crippen LogP contribution in [0.1, 0.15) is 0 Å². The van der Waals surface area contributed by atoms with E-state index in [4.69, 9.17) is 9.97 Å². The Balaban J connectivity index is 1.49. The number of aromatic nitrogens is 6. The molecule has 8 nitrogen and oxygen atoms in total. The molecule has 0 aliphatic rings. The second-order valence-corrected chi connectivity index (χ2v) is 10.2. The van der Waals surface area contributed by atoms with Gasteiger partial charge in [0.05, 0.1) is 22.4 Å². The number of nitrogens with zero attached hydrogens (tertiary/aromatic N) is 8. The Labute approximate surface area is 253 Å². The smallest absolute Gasteiger partial charge is 0.116 e. The third-order valence-electron chi connectivity index (χ3n) is 7.61. The number of fused-ring (bicyclic) bond motifs is 4. The van der Waals surface area contributed by atoms with Crippen LogP contribution in [-0.4, -0.2) is 29.9 Å². The van der Waals surface area contributed by atoms with Crippen molar-refractivity contribution in [3.8, 4) is 0 Å². The molecule has 0 radical (unpaired) electrons. The van der Waals surface area contributed by atoms with Gasteiger partial charge in [0, 0.05) is 77.7 Å². The van der Waals surface area contributed by atoms with E-state index < -0.39 is 0 Å². The summed E-state index contributed by atoms with van der Waals surface area (Å²) in [5, 5.41) is 2.16. The van der Waals surface area contributed by atoms with Crippen LogP contribution in [0.25, 0.3) is 32.8 Å². The van der Waals surface area contributed by atoms with Gasteiger partial charge >= 0.3 is 0 Å². The molecule has 0 aliphatic carbocycles. The number of hydrogen-bond donors (Lipinski definition) is 0. The van der Waals surface area contributed by atoms with Crippen molar-refractivity contribution in [3.63, 3.8) is 0 Å². The fourth-order valence-electron chi connectivity index (χ4n) is 5.65. The van der Waals surface area contributed by atoms with E-state index in [9.17, 15) is 0 Å². The Morgan fingerprint density at radius 2 is 0.795 bits per heavy atom. The van der Waals surface area contributed by atoms with Crippen molar-refractivity contribution in [2.75, 3.05) is 9.80 Å². The molecular weight excluding hydrogens is 544 g/mol. The minimum Gasteiger partial charge on any atom is -0.308 e. The third kappa shape index (κ3) is 4.42. The van der Waals surface area contributed by atoms with Crippen molar-refractivity contribution in [3.05, 3.63) is 147 Å². The van der Waals surface area contributed by atoms with Gasteiger partial charge in [0.25, 0.3) is 0 Å². The summed E-state index contributed by atoms with van der Waals surface area (Å²) in [5.41, 5.74) is 8.72. The molecule has 0 saturated carbocycles. The highest BCUT2D eigenvalue weighted by molar-refractivity contribution is 6.10. The van der Waals surface area contributed by atoms with E-state index in [1.165, 1.54) is 0 Å². The first-order valence-corrected chi connectivity index (χ1v) is 14.2. The van der Waals surface area contributed by atoms with Crippen molar-refractivity contribution in [1.29, 1.82) is 0 Å². The van der Waals surface area contributed by atoms with Gasteiger partial charge in [-0.25, -0.2) is 9.97 Å². The SMILES string of the molecule is c1ccc2c(c1)ccc1nc3c(N(c4ccncc4)c4ccncc4)ccc(N(c4ccncc4)c4ccncc4)c3nc12. The molecule has 0 amide bonds. The molecule has 0 N–H and O–H groups in total. The quantitative estimate of drug-likeness (QED) is 0.146. The van der Waals surface area contributed by atoms with Gasteiger partial charge in [-0.3, -0.25) is 19.9 Å². The van der Waals surface area contributed by atoms with Crippen LogP contribution in [0.4, 0.5) is 34.1 Å². The molecule has 0 bridgehead atoms. The van der Waals surface area contributed by atoms with Crippen LogP contribution < -0.4 is 9.80 Å². The van der Waals surface area contributed by atoms with Gasteiger partial charge in [-0.15, -0.1) is 0 Å². The first kappa shape index (κ1) is 25.4. The van der Waals surface area contributed by atoms with Crippen LogP contribution in [0.5, 0.6) is 0 Å². The molecule has 5 heterocycles. The van der Waals surface area contributed by atoms with Crippen LogP contribution in [0.15, 0.2) is 147 Å². The highest BCUT2D eigenvalue weighted by Crippen LogP contribution is 2.44. The molecule has 8 heteroatoms. The molecule has 3 aromatic carbocycles. The lowest BCUT2D eigenvalue weighted by atomic mass is 10.1. The summed E-state index contributed by atoms with van der Waals surface area (Å²) in [6, 6.07) is 32.6. The van der Waals surface area contributed by atoms with E-state index in [0.717, 1.165) is 67.0 Å². The summed E-state index contributed by atoms with van der Waals surface area (Å²) in [7, 11) is 0. The Morgan fingerprint density at radius 3 is 1.27 bits per heavy atom. The van der Waals surface area contributed by atoms with Gasteiger partial charge in [0.2, 0.25) is 0 Å². The van der Waals surface area contributed by atoms with Crippen LogP contribution >= 0.6 is 0 Å². The maximum absolute atomic E-state index is 5.42. The van der Waals surface area contributed by atoms with Gasteiger partial charge in [-0.05, 0) is 72.1 Å². The molecule has 8 rings (SSSR count). The van der Waals surface area contributed by atoms with Gasteiger partial charge in [-0.2, -0.15) is 0 Å². The summed E-state index contributed by atoms with van der Waals surface area (Å²) in [6.45, 7) is 0. The minimum absolute atomic E-state index is 0.756. The van der Waals surface area contributed by atoms with E-state index in [-0.39, 0.29) is 0 Å². The zero-order valence-corrected chi connectivity index (χ0v) is 23.4. The predicted octanol–water partition coefficient (Wildman–Crippen LogP) is 8.46. The first-order valence-electron chi connectivity index (χ1n) is 14.2. The lowest BCUT2D eigenvalue weighted by Gasteiger charge is -2.29. The third-order valence-corrected chi connectivity index (χ3v) is 7.61. The summed E-state index contributed by atoms with van der Waals surface area (Å²) in [6.07, 6.45) is 14.4. The molecule has 0 saturated heterocycles. The van der Waals surface area contributed by atoms with Gasteiger partial charge < -0.3 is 9.80 Å². The Bertz CT molecular complexity index is 2150. The molecule has 0 unspecified atom stereocenters.